The van der Waals surface area contributed by atoms with Crippen LogP contribution < -0.4 is 5.32 Å². The fraction of sp³-hybridized carbons (Fsp3) is 0.421. The highest BCUT2D eigenvalue weighted by atomic mass is 32.2. The lowest BCUT2D eigenvalue weighted by molar-refractivity contribution is -0.117. The van der Waals surface area contributed by atoms with E-state index in [0.717, 1.165) is 12.8 Å². The second-order valence-electron chi connectivity index (χ2n) is 6.95. The SMILES string of the molecule is CC(C)C(NC(=O)/C=C/c1ccc(SC(F)(F)F)cc1)c1nc(C2CC2)no1. The van der Waals surface area contributed by atoms with Gasteiger partial charge in [-0.15, -0.1) is 0 Å². The van der Waals surface area contributed by atoms with E-state index in [2.05, 4.69) is 15.5 Å². The van der Waals surface area contributed by atoms with Crippen molar-refractivity contribution >= 4 is 23.7 Å². The Labute approximate surface area is 164 Å². The van der Waals surface area contributed by atoms with Gasteiger partial charge in [0.1, 0.15) is 6.04 Å². The first-order valence-corrected chi connectivity index (χ1v) is 9.71. The molecule has 0 aliphatic heterocycles. The summed E-state index contributed by atoms with van der Waals surface area (Å²) in [6, 6.07) is 5.37. The first-order valence-electron chi connectivity index (χ1n) is 8.89. The molecular weight excluding hydrogens is 391 g/mol. The van der Waals surface area contributed by atoms with Gasteiger partial charge in [-0.25, -0.2) is 0 Å². The average molecular weight is 411 g/mol. The van der Waals surface area contributed by atoms with Gasteiger partial charge in [0.2, 0.25) is 11.8 Å². The molecule has 3 rings (SSSR count). The number of benzene rings is 1. The lowest BCUT2D eigenvalue weighted by atomic mass is 10.0. The third-order valence-corrected chi connectivity index (χ3v) is 4.91. The fourth-order valence-corrected chi connectivity index (χ4v) is 3.09. The maximum Gasteiger partial charge on any atom is 0.446 e. The van der Waals surface area contributed by atoms with E-state index in [9.17, 15) is 18.0 Å². The molecule has 5 nitrogen and oxygen atoms in total. The number of rotatable bonds is 7. The number of nitrogens with zero attached hydrogens (tertiary/aromatic N) is 2. The number of halogens is 3. The fourth-order valence-electron chi connectivity index (χ4n) is 2.55. The van der Waals surface area contributed by atoms with Crippen LogP contribution in [0.4, 0.5) is 13.2 Å². The van der Waals surface area contributed by atoms with Crippen molar-refractivity contribution < 1.29 is 22.5 Å². The summed E-state index contributed by atoms with van der Waals surface area (Å²) >= 11 is -0.175. The van der Waals surface area contributed by atoms with Gasteiger partial charge in [0.05, 0.1) is 0 Å². The first kappa shape index (κ1) is 20.4. The zero-order valence-corrected chi connectivity index (χ0v) is 16.2. The summed E-state index contributed by atoms with van der Waals surface area (Å²) in [6.45, 7) is 3.87. The molecule has 2 aromatic rings. The van der Waals surface area contributed by atoms with Crippen molar-refractivity contribution in [3.8, 4) is 0 Å². The lowest BCUT2D eigenvalue weighted by Crippen LogP contribution is -2.30. The molecule has 150 valence electrons. The lowest BCUT2D eigenvalue weighted by Gasteiger charge is -2.17. The number of hydrogen-bond donors (Lipinski definition) is 1. The summed E-state index contributed by atoms with van der Waals surface area (Å²) < 4.78 is 42.4. The summed E-state index contributed by atoms with van der Waals surface area (Å²) in [5.74, 6) is 1.12. The molecule has 1 aliphatic rings. The molecule has 1 amide bonds. The Morgan fingerprint density at radius 1 is 1.29 bits per heavy atom. The van der Waals surface area contributed by atoms with Crippen molar-refractivity contribution in [2.75, 3.05) is 0 Å². The Kier molecular flexibility index (Phi) is 6.12. The van der Waals surface area contributed by atoms with Gasteiger partial charge in [0, 0.05) is 16.9 Å². The van der Waals surface area contributed by atoms with E-state index in [1.807, 2.05) is 13.8 Å². The third-order valence-electron chi connectivity index (χ3n) is 4.17. The van der Waals surface area contributed by atoms with Gasteiger partial charge in [-0.3, -0.25) is 4.79 Å². The predicted molar refractivity (Wildman–Crippen MR) is 99.4 cm³/mol. The highest BCUT2D eigenvalue weighted by Gasteiger charge is 2.31. The van der Waals surface area contributed by atoms with E-state index >= 15 is 0 Å². The molecule has 1 aromatic heterocycles. The van der Waals surface area contributed by atoms with Crippen LogP contribution in [-0.4, -0.2) is 21.6 Å². The number of carbonyl (C=O) groups excluding carboxylic acids is 1. The van der Waals surface area contributed by atoms with Crippen molar-refractivity contribution in [1.82, 2.24) is 15.5 Å². The van der Waals surface area contributed by atoms with Crippen LogP contribution in [-0.2, 0) is 4.79 Å². The van der Waals surface area contributed by atoms with Crippen LogP contribution in [0.5, 0.6) is 0 Å². The summed E-state index contributed by atoms with van der Waals surface area (Å²) in [5, 5.41) is 6.82. The van der Waals surface area contributed by atoms with Crippen LogP contribution in [0.1, 0.15) is 55.9 Å². The van der Waals surface area contributed by atoms with Gasteiger partial charge in [-0.2, -0.15) is 18.2 Å². The van der Waals surface area contributed by atoms with Crippen LogP contribution in [0, 0.1) is 5.92 Å². The number of nitrogens with one attached hydrogen (secondary N) is 1. The van der Waals surface area contributed by atoms with E-state index in [-0.39, 0.29) is 28.5 Å². The molecule has 1 N–H and O–H groups in total. The van der Waals surface area contributed by atoms with Gasteiger partial charge >= 0.3 is 5.51 Å². The number of hydrogen-bond acceptors (Lipinski definition) is 5. The van der Waals surface area contributed by atoms with Gasteiger partial charge < -0.3 is 9.84 Å². The second kappa shape index (κ2) is 8.38. The Balaban J connectivity index is 1.60. The molecule has 9 heteroatoms. The van der Waals surface area contributed by atoms with Crippen molar-refractivity contribution in [3.63, 3.8) is 0 Å². The van der Waals surface area contributed by atoms with E-state index in [4.69, 9.17) is 4.52 Å². The Morgan fingerprint density at radius 3 is 2.54 bits per heavy atom. The number of carbonyl (C=O) groups is 1. The zero-order valence-electron chi connectivity index (χ0n) is 15.4. The van der Waals surface area contributed by atoms with Crippen LogP contribution in [0.2, 0.25) is 0 Å². The number of aromatic nitrogens is 2. The van der Waals surface area contributed by atoms with Crippen molar-refractivity contribution in [2.45, 2.75) is 49.1 Å². The topological polar surface area (TPSA) is 68.0 Å². The third kappa shape index (κ3) is 5.85. The summed E-state index contributed by atoms with van der Waals surface area (Å²) in [5.41, 5.74) is -3.70. The van der Waals surface area contributed by atoms with Crippen molar-refractivity contribution in [3.05, 3.63) is 47.6 Å². The van der Waals surface area contributed by atoms with Crippen LogP contribution in [0.25, 0.3) is 6.08 Å². The molecule has 1 fully saturated rings. The van der Waals surface area contributed by atoms with Gasteiger partial charge in [0.15, 0.2) is 5.82 Å². The summed E-state index contributed by atoms with van der Waals surface area (Å²) in [7, 11) is 0. The summed E-state index contributed by atoms with van der Waals surface area (Å²) in [4.78, 5) is 16.8. The van der Waals surface area contributed by atoms with Gasteiger partial charge in [0.25, 0.3) is 0 Å². The highest BCUT2D eigenvalue weighted by Crippen LogP contribution is 2.39. The number of alkyl halides is 3. The molecule has 0 radical (unpaired) electrons. The highest BCUT2D eigenvalue weighted by molar-refractivity contribution is 8.00. The predicted octanol–water partition coefficient (Wildman–Crippen LogP) is 5.09. The quantitative estimate of drug-likeness (QED) is 0.508. The maximum absolute atomic E-state index is 12.4. The molecule has 0 bridgehead atoms. The van der Waals surface area contributed by atoms with Crippen molar-refractivity contribution in [1.29, 1.82) is 0 Å². The minimum Gasteiger partial charge on any atom is -0.340 e. The van der Waals surface area contributed by atoms with Crippen molar-refractivity contribution in [2.24, 2.45) is 5.92 Å². The second-order valence-corrected chi connectivity index (χ2v) is 8.08. The molecule has 1 atom stereocenters. The molecule has 1 saturated carbocycles. The molecule has 1 aliphatic carbocycles. The zero-order chi connectivity index (χ0) is 20.3. The Bertz CT molecular complexity index is 843. The normalized spacial score (nSPS) is 15.9. The molecule has 1 unspecified atom stereocenters. The van der Waals surface area contributed by atoms with Crippen LogP contribution in [0.3, 0.4) is 0 Å². The molecule has 1 aromatic carbocycles. The minimum atomic E-state index is -4.32. The first-order chi connectivity index (χ1) is 13.2. The summed E-state index contributed by atoms with van der Waals surface area (Å²) in [6.07, 6.45) is 4.99. The van der Waals surface area contributed by atoms with Crippen LogP contribution >= 0.6 is 11.8 Å². The Hall–Kier alpha value is -2.29. The minimum absolute atomic E-state index is 0.0449. The molecule has 0 spiro atoms. The maximum atomic E-state index is 12.4. The van der Waals surface area contributed by atoms with Gasteiger partial charge in [-0.1, -0.05) is 31.1 Å². The van der Waals surface area contributed by atoms with E-state index in [1.165, 1.54) is 36.4 Å². The molecule has 28 heavy (non-hydrogen) atoms. The molecule has 0 saturated heterocycles. The van der Waals surface area contributed by atoms with E-state index < -0.39 is 11.6 Å². The van der Waals surface area contributed by atoms with E-state index in [0.29, 0.717) is 23.2 Å². The standard InChI is InChI=1S/C19H20F3N3O2S/c1-11(2)16(18-24-17(25-27-18)13-6-7-13)23-15(26)10-5-12-3-8-14(9-4-12)28-19(20,21)22/h3-5,8-11,13,16H,6-7H2,1-2H3,(H,23,26)/b10-5+. The monoisotopic (exact) mass is 411 g/mol. The molecular formula is C19H20F3N3O2S. The smallest absolute Gasteiger partial charge is 0.340 e. The number of thioether (sulfide) groups is 1. The molecule has 1 heterocycles. The largest absolute Gasteiger partial charge is 0.446 e. The number of amides is 1. The van der Waals surface area contributed by atoms with Gasteiger partial charge in [-0.05, 0) is 54.3 Å². The van der Waals surface area contributed by atoms with E-state index in [1.54, 1.807) is 0 Å². The average Bonchev–Trinajstić information content (AvgIpc) is 3.35. The Morgan fingerprint density at radius 2 is 1.96 bits per heavy atom. The van der Waals surface area contributed by atoms with Crippen LogP contribution in [0.15, 0.2) is 39.8 Å².